The van der Waals surface area contributed by atoms with Crippen LogP contribution in [0.15, 0.2) is 0 Å². The summed E-state index contributed by atoms with van der Waals surface area (Å²) in [5.41, 5.74) is 0. The van der Waals surface area contributed by atoms with Crippen molar-refractivity contribution in [2.24, 2.45) is 5.92 Å². The molecule has 4 nitrogen and oxygen atoms in total. The normalized spacial score (nSPS) is 37.2. The molecule has 0 aliphatic carbocycles. The van der Waals surface area contributed by atoms with Gasteiger partial charge in [-0.2, -0.15) is 0 Å². The van der Waals surface area contributed by atoms with Crippen LogP contribution in [0.2, 0.25) is 0 Å². The number of morpholine rings is 1. The van der Waals surface area contributed by atoms with Crippen molar-refractivity contribution < 1.29 is 4.74 Å². The Morgan fingerprint density at radius 2 is 1.94 bits per heavy atom. The molecule has 2 saturated heterocycles. The Bertz CT molecular complexity index is 237. The monoisotopic (exact) mass is 241 g/mol. The second-order valence-electron chi connectivity index (χ2n) is 5.80. The fourth-order valence-electron chi connectivity index (χ4n) is 2.93. The minimum Gasteiger partial charge on any atom is -0.374 e. The zero-order valence-corrected chi connectivity index (χ0v) is 11.5. The van der Waals surface area contributed by atoms with Crippen LogP contribution < -0.4 is 5.32 Å². The smallest absolute Gasteiger partial charge is 0.0826 e. The van der Waals surface area contributed by atoms with Gasteiger partial charge in [0.05, 0.1) is 12.7 Å². The maximum absolute atomic E-state index is 5.78. The Morgan fingerprint density at radius 3 is 2.65 bits per heavy atom. The number of nitrogens with one attached hydrogen (secondary N) is 1. The van der Waals surface area contributed by atoms with E-state index in [0.717, 1.165) is 32.2 Å². The number of piperidine rings is 1. The molecule has 0 aromatic rings. The molecule has 2 aliphatic heterocycles. The highest BCUT2D eigenvalue weighted by Crippen LogP contribution is 2.15. The van der Waals surface area contributed by atoms with Gasteiger partial charge >= 0.3 is 0 Å². The number of ether oxygens (including phenoxy) is 1. The molecular formula is C13H27N3O. The molecule has 0 radical (unpaired) electrons. The number of hydrogen-bond acceptors (Lipinski definition) is 4. The quantitative estimate of drug-likeness (QED) is 0.766. The van der Waals surface area contributed by atoms with Crippen molar-refractivity contribution in [1.29, 1.82) is 0 Å². The van der Waals surface area contributed by atoms with Crippen LogP contribution in [0.1, 0.15) is 13.3 Å². The molecule has 0 saturated carbocycles. The average Bonchev–Trinajstić information content (AvgIpc) is 2.28. The summed E-state index contributed by atoms with van der Waals surface area (Å²) < 4.78 is 5.78. The molecule has 2 heterocycles. The van der Waals surface area contributed by atoms with E-state index >= 15 is 0 Å². The van der Waals surface area contributed by atoms with E-state index in [0.29, 0.717) is 12.1 Å². The Kier molecular flexibility index (Phi) is 4.79. The largest absolute Gasteiger partial charge is 0.374 e. The summed E-state index contributed by atoms with van der Waals surface area (Å²) >= 11 is 0. The summed E-state index contributed by atoms with van der Waals surface area (Å²) in [6, 6.07) is 0.669. The maximum Gasteiger partial charge on any atom is 0.0826 e. The maximum atomic E-state index is 5.78. The van der Waals surface area contributed by atoms with Gasteiger partial charge in [0.2, 0.25) is 0 Å². The summed E-state index contributed by atoms with van der Waals surface area (Å²) in [6.07, 6.45) is 1.64. The lowest BCUT2D eigenvalue weighted by Gasteiger charge is -2.37. The van der Waals surface area contributed by atoms with Gasteiger partial charge in [0.25, 0.3) is 0 Å². The van der Waals surface area contributed by atoms with Gasteiger partial charge in [-0.25, -0.2) is 0 Å². The number of likely N-dealkylation sites (N-methyl/N-ethyl adjacent to an activating group) is 1. The molecule has 0 spiro atoms. The minimum atomic E-state index is 0.376. The predicted octanol–water partition coefficient (Wildman–Crippen LogP) is 0.247. The highest BCUT2D eigenvalue weighted by Gasteiger charge is 2.25. The minimum absolute atomic E-state index is 0.376. The van der Waals surface area contributed by atoms with Crippen molar-refractivity contribution in [1.82, 2.24) is 15.1 Å². The van der Waals surface area contributed by atoms with E-state index in [1.54, 1.807) is 0 Å². The van der Waals surface area contributed by atoms with Crippen LogP contribution in [0.4, 0.5) is 0 Å². The first-order valence-electron chi connectivity index (χ1n) is 6.87. The Balaban J connectivity index is 1.70. The van der Waals surface area contributed by atoms with E-state index < -0.39 is 0 Å². The fourth-order valence-corrected chi connectivity index (χ4v) is 2.93. The summed E-state index contributed by atoms with van der Waals surface area (Å²) in [5, 5.41) is 3.70. The summed E-state index contributed by atoms with van der Waals surface area (Å²) in [7, 11) is 4.39. The van der Waals surface area contributed by atoms with Crippen LogP contribution in [0.5, 0.6) is 0 Å². The Morgan fingerprint density at radius 1 is 1.18 bits per heavy atom. The second kappa shape index (κ2) is 6.14. The van der Waals surface area contributed by atoms with Crippen LogP contribution >= 0.6 is 0 Å². The molecule has 0 amide bonds. The van der Waals surface area contributed by atoms with Gasteiger partial charge < -0.3 is 19.9 Å². The molecular weight excluding hydrogens is 214 g/mol. The molecule has 0 aromatic carbocycles. The third-order valence-corrected chi connectivity index (χ3v) is 4.06. The van der Waals surface area contributed by atoms with Crippen LogP contribution in [-0.4, -0.2) is 75.4 Å². The molecule has 4 heteroatoms. The van der Waals surface area contributed by atoms with Crippen LogP contribution in [0, 0.1) is 5.92 Å². The van der Waals surface area contributed by atoms with Gasteiger partial charge in [-0.15, -0.1) is 0 Å². The standard InChI is InChI=1S/C13H27N3O/c1-11-9-15(2)5-4-13(11)14-8-12-10-16(3)6-7-17-12/h11-14H,4-10H2,1-3H3. The molecule has 1 N–H and O–H groups in total. The molecule has 3 atom stereocenters. The number of rotatable bonds is 3. The van der Waals surface area contributed by atoms with E-state index in [9.17, 15) is 0 Å². The van der Waals surface area contributed by atoms with Crippen LogP contribution in [0.25, 0.3) is 0 Å². The molecule has 2 fully saturated rings. The Labute approximate surface area is 105 Å². The first-order valence-corrected chi connectivity index (χ1v) is 6.87. The predicted molar refractivity (Wildman–Crippen MR) is 70.3 cm³/mol. The first kappa shape index (κ1) is 13.3. The van der Waals surface area contributed by atoms with Gasteiger partial charge in [-0.3, -0.25) is 0 Å². The SMILES string of the molecule is CC1CN(C)CCC1NCC1CN(C)CCO1. The van der Waals surface area contributed by atoms with Gasteiger partial charge in [0.1, 0.15) is 0 Å². The van der Waals surface area contributed by atoms with Crippen molar-refractivity contribution in [3.05, 3.63) is 0 Å². The average molecular weight is 241 g/mol. The lowest BCUT2D eigenvalue weighted by Crippen LogP contribution is -2.51. The Hall–Kier alpha value is -0.160. The lowest BCUT2D eigenvalue weighted by molar-refractivity contribution is -0.0211. The number of hydrogen-bond donors (Lipinski definition) is 1. The van der Waals surface area contributed by atoms with Crippen molar-refractivity contribution >= 4 is 0 Å². The van der Waals surface area contributed by atoms with Crippen LogP contribution in [0.3, 0.4) is 0 Å². The molecule has 17 heavy (non-hydrogen) atoms. The molecule has 2 aliphatic rings. The van der Waals surface area contributed by atoms with E-state index in [1.165, 1.54) is 19.5 Å². The molecule has 3 unspecified atom stereocenters. The number of nitrogens with zero attached hydrogens (tertiary/aromatic N) is 2. The lowest BCUT2D eigenvalue weighted by atomic mass is 9.94. The molecule has 100 valence electrons. The first-order chi connectivity index (χ1) is 8.15. The van der Waals surface area contributed by atoms with Crippen molar-refractivity contribution in [3.8, 4) is 0 Å². The van der Waals surface area contributed by atoms with Gasteiger partial charge in [0.15, 0.2) is 0 Å². The zero-order valence-electron chi connectivity index (χ0n) is 11.5. The van der Waals surface area contributed by atoms with Crippen molar-refractivity contribution in [2.45, 2.75) is 25.5 Å². The summed E-state index contributed by atoms with van der Waals surface area (Å²) in [5.74, 6) is 0.745. The molecule has 0 aromatic heterocycles. The third kappa shape index (κ3) is 3.91. The molecule has 0 bridgehead atoms. The summed E-state index contributed by atoms with van der Waals surface area (Å²) in [4.78, 5) is 4.78. The fraction of sp³-hybridized carbons (Fsp3) is 1.00. The highest BCUT2D eigenvalue weighted by atomic mass is 16.5. The second-order valence-corrected chi connectivity index (χ2v) is 5.80. The van der Waals surface area contributed by atoms with E-state index in [-0.39, 0.29) is 0 Å². The van der Waals surface area contributed by atoms with Gasteiger partial charge in [-0.05, 0) is 33.0 Å². The molecule has 2 rings (SSSR count). The number of likely N-dealkylation sites (tertiary alicyclic amines) is 1. The van der Waals surface area contributed by atoms with Crippen molar-refractivity contribution in [2.75, 3.05) is 53.4 Å². The third-order valence-electron chi connectivity index (χ3n) is 4.06. The topological polar surface area (TPSA) is 27.7 Å². The van der Waals surface area contributed by atoms with E-state index in [2.05, 4.69) is 36.1 Å². The van der Waals surface area contributed by atoms with Gasteiger partial charge in [-0.1, -0.05) is 6.92 Å². The zero-order chi connectivity index (χ0) is 12.3. The highest BCUT2D eigenvalue weighted by molar-refractivity contribution is 4.83. The van der Waals surface area contributed by atoms with E-state index in [4.69, 9.17) is 4.74 Å². The van der Waals surface area contributed by atoms with Crippen LogP contribution in [-0.2, 0) is 4.74 Å². The van der Waals surface area contributed by atoms with Gasteiger partial charge in [0, 0.05) is 32.2 Å². The van der Waals surface area contributed by atoms with Crippen molar-refractivity contribution in [3.63, 3.8) is 0 Å². The van der Waals surface area contributed by atoms with E-state index in [1.807, 2.05) is 0 Å². The summed E-state index contributed by atoms with van der Waals surface area (Å²) in [6.45, 7) is 8.79.